The van der Waals surface area contributed by atoms with Gasteiger partial charge in [0.15, 0.2) is 0 Å². The van der Waals surface area contributed by atoms with Gasteiger partial charge >= 0.3 is 17.1 Å². The second-order valence-electron chi connectivity index (χ2n) is 0. The fourth-order valence-corrected chi connectivity index (χ4v) is 0. The van der Waals surface area contributed by atoms with Gasteiger partial charge in [-0.05, 0) is 0 Å². The minimum absolute atomic E-state index is 0. The molecule has 0 unspecified atom stereocenters. The average Bonchev–Trinajstić information content (AvgIpc) is 0. The summed E-state index contributed by atoms with van der Waals surface area (Å²) < 4.78 is 0. The van der Waals surface area contributed by atoms with Crippen molar-refractivity contribution in [2.45, 2.75) is 0 Å². The minimum atomic E-state index is 0. The van der Waals surface area contributed by atoms with Crippen molar-refractivity contribution in [1.29, 1.82) is 0 Å². The Hall–Kier alpha value is 1.30. The zero-order valence-corrected chi connectivity index (χ0v) is 8.00. The van der Waals surface area contributed by atoms with E-state index in [9.17, 15) is 0 Å². The van der Waals surface area contributed by atoms with E-state index < -0.39 is 0 Å². The second kappa shape index (κ2) is 524. The van der Waals surface area contributed by atoms with E-state index >= 15 is 0 Å². The summed E-state index contributed by atoms with van der Waals surface area (Å²) in [5.41, 5.74) is 0. The largest absolute Gasteiger partial charge is 2.00 e. The molecule has 0 rings (SSSR count). The van der Waals surface area contributed by atoms with Gasteiger partial charge in [0.25, 0.3) is 0 Å². The van der Waals surface area contributed by atoms with Gasteiger partial charge in [0.05, 0.1) is 0 Å². The van der Waals surface area contributed by atoms with Crippen LogP contribution < -0.4 is 0 Å². The van der Waals surface area contributed by atoms with Crippen LogP contribution in [0.3, 0.4) is 0 Å². The monoisotopic (exact) mass is 291 g/mol. The Labute approximate surface area is 90.1 Å². The van der Waals surface area contributed by atoms with E-state index in [0.29, 0.717) is 0 Å². The molecule has 0 bridgehead atoms. The SMILES string of the molecule is O.O.O.O.O.[Cr].[Cr].[Cu+2].[OH-].[OH-]. The second-order valence-corrected chi connectivity index (χ2v) is 0. The molecule has 0 aromatic rings. The number of hydrogen-bond donors (Lipinski definition) is 0. The molecule has 0 aromatic carbocycles. The van der Waals surface area contributed by atoms with Crippen LogP contribution in [0.15, 0.2) is 0 Å². The first kappa shape index (κ1) is 705. The third-order valence-corrected chi connectivity index (χ3v) is 0. The van der Waals surface area contributed by atoms with Crippen LogP contribution in [0.2, 0.25) is 0 Å². The van der Waals surface area contributed by atoms with Crippen LogP contribution in [0.4, 0.5) is 0 Å². The molecule has 0 aliphatic carbocycles. The molecule has 0 atom stereocenters. The summed E-state index contributed by atoms with van der Waals surface area (Å²) in [4.78, 5) is 0. The van der Waals surface area contributed by atoms with Crippen molar-refractivity contribution in [3.05, 3.63) is 0 Å². The molecule has 1 radical (unpaired) electrons. The van der Waals surface area contributed by atoms with Crippen LogP contribution in [0, 0.1) is 0 Å². The molecule has 0 fully saturated rings. The molecule has 0 saturated heterocycles. The first-order valence-corrected chi connectivity index (χ1v) is 0. The first-order valence-electron chi connectivity index (χ1n) is 0. The molecule has 0 heterocycles. The van der Waals surface area contributed by atoms with Crippen molar-refractivity contribution in [2.75, 3.05) is 0 Å². The Morgan fingerprint density at radius 3 is 0.400 bits per heavy atom. The van der Waals surface area contributed by atoms with Gasteiger partial charge in [-0.1, -0.05) is 0 Å². The van der Waals surface area contributed by atoms with E-state index in [1.165, 1.54) is 0 Å². The molecule has 7 nitrogen and oxygen atoms in total. The Balaban J connectivity index is 0. The quantitative estimate of drug-likeness (QED) is 0.403. The fourth-order valence-electron chi connectivity index (χ4n) is 0. The number of rotatable bonds is 0. The van der Waals surface area contributed by atoms with Crippen molar-refractivity contribution in [2.24, 2.45) is 0 Å². The Morgan fingerprint density at radius 1 is 0.400 bits per heavy atom. The molecular weight excluding hydrogens is 280 g/mol. The summed E-state index contributed by atoms with van der Waals surface area (Å²) in [5.74, 6) is 0. The van der Waals surface area contributed by atoms with Gasteiger partial charge in [-0.3, -0.25) is 0 Å². The van der Waals surface area contributed by atoms with E-state index in [0.717, 1.165) is 0 Å². The van der Waals surface area contributed by atoms with Crippen LogP contribution in [0.5, 0.6) is 0 Å². The molecule has 10 heteroatoms. The van der Waals surface area contributed by atoms with Gasteiger partial charge in [-0.25, -0.2) is 0 Å². The summed E-state index contributed by atoms with van der Waals surface area (Å²) in [7, 11) is 0. The summed E-state index contributed by atoms with van der Waals surface area (Å²) in [6.45, 7) is 0. The molecular formula is H12Cr2CuO7. The maximum Gasteiger partial charge on any atom is 2.00 e. The third kappa shape index (κ3) is 377. The van der Waals surface area contributed by atoms with Crippen molar-refractivity contribution < 1.29 is 90.1 Å². The zero-order valence-electron chi connectivity index (χ0n) is 4.51. The molecule has 0 amide bonds. The van der Waals surface area contributed by atoms with E-state index in [-0.39, 0.29) is 90.1 Å². The van der Waals surface area contributed by atoms with Gasteiger partial charge in [0.2, 0.25) is 0 Å². The fraction of sp³-hybridized carbons (Fsp3) is 0. The van der Waals surface area contributed by atoms with Gasteiger partial charge < -0.3 is 38.3 Å². The summed E-state index contributed by atoms with van der Waals surface area (Å²) >= 11 is 0. The van der Waals surface area contributed by atoms with Crippen LogP contribution >= 0.6 is 0 Å². The number of hydrogen-bond acceptors (Lipinski definition) is 2. The molecule has 10 heavy (non-hydrogen) atoms. The maximum absolute atomic E-state index is 0. The van der Waals surface area contributed by atoms with E-state index in [2.05, 4.69) is 0 Å². The van der Waals surface area contributed by atoms with Crippen LogP contribution in [0.25, 0.3) is 0 Å². The van der Waals surface area contributed by atoms with E-state index in [4.69, 9.17) is 0 Å². The molecule has 77 valence electrons. The Kier molecular flexibility index (Phi) is 37000. The normalized spacial score (nSPS) is 0. The molecule has 12 N–H and O–H groups in total. The zero-order chi connectivity index (χ0) is 0. The Morgan fingerprint density at radius 2 is 0.400 bits per heavy atom. The molecule has 0 aliphatic rings. The van der Waals surface area contributed by atoms with Crippen molar-refractivity contribution >= 4 is 0 Å². The topological polar surface area (TPSA) is 218 Å². The van der Waals surface area contributed by atoms with Gasteiger partial charge in [-0.15, -0.1) is 0 Å². The standard InChI is InChI=1S/2Cr.Cu.7H2O/h;;;7*1H2/q;;+2;;;;;;;/p-2. The van der Waals surface area contributed by atoms with Crippen LogP contribution in [-0.4, -0.2) is 38.3 Å². The van der Waals surface area contributed by atoms with Crippen molar-refractivity contribution in [3.8, 4) is 0 Å². The molecule has 0 aliphatic heterocycles. The maximum atomic E-state index is 0. The predicted molar refractivity (Wildman–Crippen MR) is 21.9 cm³/mol. The van der Waals surface area contributed by atoms with Gasteiger partial charge in [0.1, 0.15) is 0 Å². The predicted octanol–water partition coefficient (Wildman–Crippen LogP) is -4.48. The molecule has 0 saturated carbocycles. The first-order chi connectivity index (χ1) is 0. The minimum Gasteiger partial charge on any atom is -0.870 e. The third-order valence-electron chi connectivity index (χ3n) is 0. The van der Waals surface area contributed by atoms with Crippen molar-refractivity contribution in [3.63, 3.8) is 0 Å². The molecule has 0 spiro atoms. The summed E-state index contributed by atoms with van der Waals surface area (Å²) in [5, 5.41) is 0. The Bertz CT molecular complexity index is 11.6. The van der Waals surface area contributed by atoms with Gasteiger partial charge in [0, 0.05) is 34.7 Å². The van der Waals surface area contributed by atoms with E-state index in [1.54, 1.807) is 0 Å². The van der Waals surface area contributed by atoms with Gasteiger partial charge in [-0.2, -0.15) is 0 Å². The molecule has 0 aromatic heterocycles. The smallest absolute Gasteiger partial charge is 0.870 e. The summed E-state index contributed by atoms with van der Waals surface area (Å²) in [6, 6.07) is 0. The van der Waals surface area contributed by atoms with Crippen molar-refractivity contribution in [1.82, 2.24) is 0 Å². The average molecular weight is 292 g/mol. The van der Waals surface area contributed by atoms with Crippen LogP contribution in [0.1, 0.15) is 0 Å². The van der Waals surface area contributed by atoms with Crippen LogP contribution in [-0.2, 0) is 51.8 Å². The van der Waals surface area contributed by atoms with E-state index in [1.807, 2.05) is 0 Å². The summed E-state index contributed by atoms with van der Waals surface area (Å²) in [6.07, 6.45) is 0.